The van der Waals surface area contributed by atoms with E-state index in [0.29, 0.717) is 33.1 Å². The van der Waals surface area contributed by atoms with Crippen LogP contribution in [0.4, 0.5) is 28.8 Å². The number of benzene rings is 2. The minimum Gasteiger partial charge on any atom is -0.395 e. The number of carbonyl (C=O) groups is 1. The monoisotopic (exact) mass is 513 g/mol. The summed E-state index contributed by atoms with van der Waals surface area (Å²) in [5.74, 6) is 0.656. The number of anilines is 5. The Labute approximate surface area is 213 Å². The number of rotatable bonds is 5. The van der Waals surface area contributed by atoms with Crippen molar-refractivity contribution in [3.63, 3.8) is 0 Å². The lowest BCUT2D eigenvalue weighted by molar-refractivity contribution is 0.0982. The molecular weight excluding hydrogens is 489 g/mol. The molecule has 2 aromatic carbocycles. The standard InChI is InChI=1S/C24H25Cl2N7O2/c1-31-14-33(21-19(25)3-2-4-20(21)26)23(35)18-11-28-24(30-22(18)31)29-15-5-7-17(8-6-15)32-10-9-27-16(12-32)13-34/h2-8,11,16,27,34H,9-10,12-14H2,1H3,(H,28,29,30). The van der Waals surface area contributed by atoms with Gasteiger partial charge in [0.1, 0.15) is 11.4 Å². The van der Waals surface area contributed by atoms with Gasteiger partial charge < -0.3 is 25.5 Å². The molecule has 3 heterocycles. The molecule has 1 fully saturated rings. The first-order valence-electron chi connectivity index (χ1n) is 11.2. The van der Waals surface area contributed by atoms with Crippen molar-refractivity contribution in [2.24, 2.45) is 0 Å². The first kappa shape index (κ1) is 23.6. The molecule has 0 saturated carbocycles. The number of halogens is 2. The minimum atomic E-state index is -0.263. The molecule has 11 heteroatoms. The summed E-state index contributed by atoms with van der Waals surface area (Å²) in [5, 5.41) is 16.7. The number of hydrogen-bond acceptors (Lipinski definition) is 8. The average molecular weight is 514 g/mol. The van der Waals surface area contributed by atoms with Crippen LogP contribution in [0.5, 0.6) is 0 Å². The van der Waals surface area contributed by atoms with Gasteiger partial charge in [-0.05, 0) is 36.4 Å². The third kappa shape index (κ3) is 4.72. The minimum absolute atomic E-state index is 0.0787. The van der Waals surface area contributed by atoms with Crippen molar-refractivity contribution in [1.82, 2.24) is 15.3 Å². The number of amides is 1. The van der Waals surface area contributed by atoms with Crippen LogP contribution in [-0.2, 0) is 0 Å². The van der Waals surface area contributed by atoms with Crippen molar-refractivity contribution in [2.75, 3.05) is 60.0 Å². The maximum Gasteiger partial charge on any atom is 0.265 e. The third-order valence-corrected chi connectivity index (χ3v) is 6.74. The number of nitrogens with one attached hydrogen (secondary N) is 2. The highest BCUT2D eigenvalue weighted by Gasteiger charge is 2.32. The van der Waals surface area contributed by atoms with Gasteiger partial charge in [-0.2, -0.15) is 4.98 Å². The second kappa shape index (κ2) is 9.87. The van der Waals surface area contributed by atoms with E-state index in [-0.39, 0.29) is 25.2 Å². The lowest BCUT2D eigenvalue weighted by Gasteiger charge is -2.35. The smallest absolute Gasteiger partial charge is 0.265 e. The largest absolute Gasteiger partial charge is 0.395 e. The number of fused-ring (bicyclic) bond motifs is 1. The fraction of sp³-hybridized carbons (Fsp3) is 0.292. The van der Waals surface area contributed by atoms with Gasteiger partial charge in [0.25, 0.3) is 5.91 Å². The van der Waals surface area contributed by atoms with Gasteiger partial charge in [-0.1, -0.05) is 29.3 Å². The van der Waals surface area contributed by atoms with Crippen LogP contribution < -0.4 is 25.3 Å². The molecule has 3 N–H and O–H groups in total. The van der Waals surface area contributed by atoms with Crippen LogP contribution in [-0.4, -0.2) is 67.0 Å². The van der Waals surface area contributed by atoms with E-state index in [9.17, 15) is 9.90 Å². The van der Waals surface area contributed by atoms with Gasteiger partial charge in [0.2, 0.25) is 5.95 Å². The summed E-state index contributed by atoms with van der Waals surface area (Å²) in [5.41, 5.74) is 2.76. The lowest BCUT2D eigenvalue weighted by Crippen LogP contribution is -2.52. The molecule has 0 aliphatic carbocycles. The van der Waals surface area contributed by atoms with Crippen molar-refractivity contribution in [3.8, 4) is 0 Å². The molecule has 182 valence electrons. The zero-order valence-corrected chi connectivity index (χ0v) is 20.6. The van der Waals surface area contributed by atoms with Crippen LogP contribution in [0.3, 0.4) is 0 Å². The molecule has 1 amide bonds. The predicted octanol–water partition coefficient (Wildman–Crippen LogP) is 3.35. The number of aromatic nitrogens is 2. The van der Waals surface area contributed by atoms with Crippen LogP contribution in [0.1, 0.15) is 10.4 Å². The van der Waals surface area contributed by atoms with Crippen molar-refractivity contribution in [3.05, 3.63) is 64.3 Å². The average Bonchev–Trinajstić information content (AvgIpc) is 2.87. The van der Waals surface area contributed by atoms with Crippen LogP contribution in [0.15, 0.2) is 48.7 Å². The number of hydrogen-bond donors (Lipinski definition) is 3. The first-order chi connectivity index (χ1) is 16.9. The second-order valence-corrected chi connectivity index (χ2v) is 9.34. The van der Waals surface area contributed by atoms with E-state index < -0.39 is 0 Å². The van der Waals surface area contributed by atoms with E-state index in [1.54, 1.807) is 18.2 Å². The zero-order chi connectivity index (χ0) is 24.5. The molecule has 0 bridgehead atoms. The molecule has 0 radical (unpaired) electrons. The number of para-hydroxylation sites is 1. The van der Waals surface area contributed by atoms with Gasteiger partial charge in [-0.15, -0.1) is 0 Å². The van der Waals surface area contributed by atoms with Gasteiger partial charge in [-0.25, -0.2) is 4.98 Å². The molecule has 1 saturated heterocycles. The van der Waals surface area contributed by atoms with Crippen molar-refractivity contribution >= 4 is 57.9 Å². The van der Waals surface area contributed by atoms with E-state index in [4.69, 9.17) is 23.2 Å². The number of nitrogens with zero attached hydrogens (tertiary/aromatic N) is 5. The summed E-state index contributed by atoms with van der Waals surface area (Å²) < 4.78 is 0. The first-order valence-corrected chi connectivity index (χ1v) is 12.0. The molecule has 1 aromatic heterocycles. The molecule has 5 rings (SSSR count). The van der Waals surface area contributed by atoms with E-state index >= 15 is 0 Å². The molecule has 0 spiro atoms. The van der Waals surface area contributed by atoms with Crippen LogP contribution in [0.25, 0.3) is 0 Å². The Morgan fingerprint density at radius 1 is 1.17 bits per heavy atom. The van der Waals surface area contributed by atoms with Gasteiger partial charge in [0.15, 0.2) is 0 Å². The predicted molar refractivity (Wildman–Crippen MR) is 139 cm³/mol. The Morgan fingerprint density at radius 2 is 1.91 bits per heavy atom. The normalized spacial score (nSPS) is 18.0. The molecule has 2 aliphatic rings. The third-order valence-electron chi connectivity index (χ3n) is 6.13. The van der Waals surface area contributed by atoms with Crippen LogP contribution >= 0.6 is 23.2 Å². The van der Waals surface area contributed by atoms with E-state index in [2.05, 4.69) is 25.5 Å². The maximum absolute atomic E-state index is 13.2. The molecule has 9 nitrogen and oxygen atoms in total. The summed E-state index contributed by atoms with van der Waals surface area (Å²) in [6.07, 6.45) is 1.52. The Bertz CT molecular complexity index is 1220. The highest BCUT2D eigenvalue weighted by Crippen LogP contribution is 2.37. The summed E-state index contributed by atoms with van der Waals surface area (Å²) in [7, 11) is 1.85. The summed E-state index contributed by atoms with van der Waals surface area (Å²) in [4.78, 5) is 27.8. The molecule has 1 unspecified atom stereocenters. The molecular formula is C24H25Cl2N7O2. The Kier molecular flexibility index (Phi) is 6.66. The fourth-order valence-corrected chi connectivity index (χ4v) is 4.95. The molecule has 1 atom stereocenters. The second-order valence-electron chi connectivity index (χ2n) is 8.53. The lowest BCUT2D eigenvalue weighted by atomic mass is 10.2. The topological polar surface area (TPSA) is 96.9 Å². The number of carbonyl (C=O) groups excluding carboxylic acids is 1. The van der Waals surface area contributed by atoms with Crippen molar-refractivity contribution < 1.29 is 9.90 Å². The summed E-state index contributed by atoms with van der Waals surface area (Å²) in [6.45, 7) is 2.84. The Hall–Kier alpha value is -3.11. The van der Waals surface area contributed by atoms with Gasteiger partial charge in [0.05, 0.1) is 29.0 Å². The number of piperazine rings is 1. The van der Waals surface area contributed by atoms with Crippen molar-refractivity contribution in [2.45, 2.75) is 6.04 Å². The van der Waals surface area contributed by atoms with E-state index in [1.807, 2.05) is 36.2 Å². The SMILES string of the molecule is CN1CN(c2c(Cl)cccc2Cl)C(=O)c2cnc(Nc3ccc(N4CCNC(CO)C4)cc3)nc21. The van der Waals surface area contributed by atoms with Crippen LogP contribution in [0, 0.1) is 0 Å². The Morgan fingerprint density at radius 3 is 2.63 bits per heavy atom. The van der Waals surface area contributed by atoms with E-state index in [1.165, 1.54) is 11.1 Å². The molecule has 35 heavy (non-hydrogen) atoms. The van der Waals surface area contributed by atoms with Gasteiger partial charge in [-0.3, -0.25) is 9.69 Å². The van der Waals surface area contributed by atoms with Gasteiger partial charge in [0, 0.05) is 50.3 Å². The van der Waals surface area contributed by atoms with E-state index in [0.717, 1.165) is 31.0 Å². The van der Waals surface area contributed by atoms with Crippen LogP contribution in [0.2, 0.25) is 10.0 Å². The summed E-state index contributed by atoms with van der Waals surface area (Å²) >= 11 is 12.7. The number of aliphatic hydroxyl groups is 1. The number of aliphatic hydroxyl groups excluding tert-OH is 1. The van der Waals surface area contributed by atoms with Gasteiger partial charge >= 0.3 is 0 Å². The zero-order valence-electron chi connectivity index (χ0n) is 19.1. The quantitative estimate of drug-likeness (QED) is 0.477. The molecule has 2 aliphatic heterocycles. The fourth-order valence-electron chi connectivity index (χ4n) is 4.35. The maximum atomic E-state index is 13.2. The highest BCUT2D eigenvalue weighted by molar-refractivity contribution is 6.40. The summed E-state index contributed by atoms with van der Waals surface area (Å²) in [6, 6.07) is 13.2. The highest BCUT2D eigenvalue weighted by atomic mass is 35.5. The van der Waals surface area contributed by atoms with Crippen molar-refractivity contribution in [1.29, 1.82) is 0 Å². The molecule has 3 aromatic rings. The Balaban J connectivity index is 1.33.